The van der Waals surface area contributed by atoms with Gasteiger partial charge in [0.1, 0.15) is 11.0 Å². The summed E-state index contributed by atoms with van der Waals surface area (Å²) >= 11 is 7.97. The van der Waals surface area contributed by atoms with E-state index in [1.807, 2.05) is 16.7 Å². The van der Waals surface area contributed by atoms with E-state index in [1.54, 1.807) is 12.1 Å². The van der Waals surface area contributed by atoms with Gasteiger partial charge in [0.05, 0.1) is 0 Å². The van der Waals surface area contributed by atoms with Crippen molar-refractivity contribution in [3.8, 4) is 0 Å². The first-order chi connectivity index (χ1) is 10.0. The van der Waals surface area contributed by atoms with E-state index >= 15 is 0 Å². The van der Waals surface area contributed by atoms with Crippen molar-refractivity contribution in [1.29, 1.82) is 0 Å². The molecule has 1 aromatic heterocycles. The summed E-state index contributed by atoms with van der Waals surface area (Å²) < 4.78 is 0. The van der Waals surface area contributed by atoms with E-state index < -0.39 is 0 Å². The van der Waals surface area contributed by atoms with Crippen LogP contribution in [0.5, 0.6) is 0 Å². The molecule has 0 saturated carbocycles. The summed E-state index contributed by atoms with van der Waals surface area (Å²) in [7, 11) is 0. The van der Waals surface area contributed by atoms with E-state index in [9.17, 15) is 4.79 Å². The van der Waals surface area contributed by atoms with Crippen molar-refractivity contribution in [1.82, 2.24) is 9.88 Å². The van der Waals surface area contributed by atoms with Crippen LogP contribution in [-0.4, -0.2) is 45.9 Å². The van der Waals surface area contributed by atoms with Gasteiger partial charge in [0.2, 0.25) is 0 Å². The van der Waals surface area contributed by atoms with Crippen LogP contribution in [0.25, 0.3) is 0 Å². The lowest BCUT2D eigenvalue weighted by molar-refractivity contribution is 0.0698. The molecule has 116 valence electrons. The SMILES string of the molecule is CCCNc1cc(C(=O)N2CCSC(C)C2C)cc(Cl)n1. The van der Waals surface area contributed by atoms with Gasteiger partial charge in [-0.3, -0.25) is 4.79 Å². The van der Waals surface area contributed by atoms with E-state index in [0.717, 1.165) is 25.3 Å². The molecule has 0 radical (unpaired) electrons. The molecule has 1 aliphatic rings. The number of amides is 1. The maximum atomic E-state index is 12.7. The average Bonchev–Trinajstić information content (AvgIpc) is 2.46. The molecule has 1 aromatic rings. The van der Waals surface area contributed by atoms with E-state index in [1.165, 1.54) is 0 Å². The molecule has 0 bridgehead atoms. The first-order valence-corrected chi connectivity index (χ1v) is 8.79. The molecule has 2 unspecified atom stereocenters. The van der Waals surface area contributed by atoms with E-state index in [0.29, 0.717) is 21.8 Å². The van der Waals surface area contributed by atoms with Crippen molar-refractivity contribution in [2.75, 3.05) is 24.2 Å². The Bertz CT molecular complexity index is 512. The summed E-state index contributed by atoms with van der Waals surface area (Å²) in [6, 6.07) is 3.68. The second kappa shape index (κ2) is 7.36. The van der Waals surface area contributed by atoms with Gasteiger partial charge in [-0.05, 0) is 25.5 Å². The van der Waals surface area contributed by atoms with E-state index in [2.05, 4.69) is 31.1 Å². The lowest BCUT2D eigenvalue weighted by Gasteiger charge is -2.37. The first kappa shape index (κ1) is 16.4. The van der Waals surface area contributed by atoms with Crippen molar-refractivity contribution in [3.63, 3.8) is 0 Å². The third kappa shape index (κ3) is 4.04. The minimum Gasteiger partial charge on any atom is -0.370 e. The summed E-state index contributed by atoms with van der Waals surface area (Å²) in [6.07, 6.45) is 0.995. The topological polar surface area (TPSA) is 45.2 Å². The number of anilines is 1. The monoisotopic (exact) mass is 327 g/mol. The first-order valence-electron chi connectivity index (χ1n) is 7.37. The Hall–Kier alpha value is -0.940. The van der Waals surface area contributed by atoms with Gasteiger partial charge in [0, 0.05) is 35.7 Å². The van der Waals surface area contributed by atoms with Gasteiger partial charge >= 0.3 is 0 Å². The summed E-state index contributed by atoms with van der Waals surface area (Å²) in [5.74, 6) is 1.69. The van der Waals surface area contributed by atoms with Crippen molar-refractivity contribution < 1.29 is 4.79 Å². The molecule has 21 heavy (non-hydrogen) atoms. The number of hydrogen-bond donors (Lipinski definition) is 1. The largest absolute Gasteiger partial charge is 0.370 e. The maximum absolute atomic E-state index is 12.7. The molecule has 2 rings (SSSR count). The van der Waals surface area contributed by atoms with E-state index in [-0.39, 0.29) is 11.9 Å². The smallest absolute Gasteiger partial charge is 0.254 e. The molecule has 6 heteroatoms. The van der Waals surface area contributed by atoms with Gasteiger partial charge in [-0.25, -0.2) is 4.98 Å². The molecule has 1 saturated heterocycles. The zero-order chi connectivity index (χ0) is 15.4. The van der Waals surface area contributed by atoms with Gasteiger partial charge in [0.15, 0.2) is 0 Å². The average molecular weight is 328 g/mol. The van der Waals surface area contributed by atoms with Crippen LogP contribution >= 0.6 is 23.4 Å². The normalized spacial score (nSPS) is 22.2. The Balaban J connectivity index is 2.20. The van der Waals surface area contributed by atoms with Crippen LogP contribution in [0.3, 0.4) is 0 Å². The number of carbonyl (C=O) groups is 1. The molecule has 1 fully saturated rings. The molecule has 4 nitrogen and oxygen atoms in total. The minimum atomic E-state index is 0.0403. The zero-order valence-electron chi connectivity index (χ0n) is 12.7. The van der Waals surface area contributed by atoms with Crippen LogP contribution in [-0.2, 0) is 0 Å². The lowest BCUT2D eigenvalue weighted by Crippen LogP contribution is -2.48. The molecule has 0 aromatic carbocycles. The zero-order valence-corrected chi connectivity index (χ0v) is 14.3. The van der Waals surface area contributed by atoms with Crippen LogP contribution in [0.1, 0.15) is 37.6 Å². The summed E-state index contributed by atoms with van der Waals surface area (Å²) in [4.78, 5) is 18.9. The molecule has 2 heterocycles. The summed E-state index contributed by atoms with van der Waals surface area (Å²) in [5.41, 5.74) is 0.611. The molecule has 1 aliphatic heterocycles. The molecular formula is C15H22ClN3OS. The summed E-state index contributed by atoms with van der Waals surface area (Å²) in [6.45, 7) is 7.95. The van der Waals surface area contributed by atoms with Crippen LogP contribution in [0, 0.1) is 0 Å². The van der Waals surface area contributed by atoms with Crippen LogP contribution in [0.15, 0.2) is 12.1 Å². The van der Waals surface area contributed by atoms with Crippen LogP contribution in [0.4, 0.5) is 5.82 Å². The van der Waals surface area contributed by atoms with Crippen molar-refractivity contribution in [2.45, 2.75) is 38.5 Å². The number of nitrogens with zero attached hydrogens (tertiary/aromatic N) is 2. The number of halogens is 1. The molecule has 0 spiro atoms. The number of aromatic nitrogens is 1. The predicted molar refractivity (Wildman–Crippen MR) is 90.4 cm³/mol. The van der Waals surface area contributed by atoms with Crippen LogP contribution < -0.4 is 5.32 Å². The van der Waals surface area contributed by atoms with Crippen LogP contribution in [0.2, 0.25) is 5.15 Å². The third-order valence-electron chi connectivity index (χ3n) is 3.74. The number of thioether (sulfide) groups is 1. The Morgan fingerprint density at radius 3 is 3.00 bits per heavy atom. The highest BCUT2D eigenvalue weighted by atomic mass is 35.5. The standard InChI is InChI=1S/C15H22ClN3OS/c1-4-5-17-14-9-12(8-13(16)18-14)15(20)19-6-7-21-11(3)10(19)2/h8-11H,4-7H2,1-3H3,(H,17,18). The highest BCUT2D eigenvalue weighted by Crippen LogP contribution is 2.26. The Morgan fingerprint density at radius 2 is 2.29 bits per heavy atom. The summed E-state index contributed by atoms with van der Waals surface area (Å²) in [5, 5.41) is 3.99. The fraction of sp³-hybridized carbons (Fsp3) is 0.600. The van der Waals surface area contributed by atoms with Gasteiger partial charge in [-0.2, -0.15) is 11.8 Å². The lowest BCUT2D eigenvalue weighted by atomic mass is 10.1. The fourth-order valence-corrected chi connectivity index (χ4v) is 3.66. The van der Waals surface area contributed by atoms with Crippen molar-refractivity contribution in [3.05, 3.63) is 22.8 Å². The number of hydrogen-bond acceptors (Lipinski definition) is 4. The Labute approximate surface area is 135 Å². The van der Waals surface area contributed by atoms with Crippen molar-refractivity contribution >= 4 is 35.1 Å². The van der Waals surface area contributed by atoms with Crippen molar-refractivity contribution in [2.24, 2.45) is 0 Å². The molecule has 1 N–H and O–H groups in total. The number of nitrogens with one attached hydrogen (secondary N) is 1. The second-order valence-electron chi connectivity index (χ2n) is 5.31. The van der Waals surface area contributed by atoms with E-state index in [4.69, 9.17) is 11.6 Å². The Kier molecular flexibility index (Phi) is 5.76. The van der Waals surface area contributed by atoms with Gasteiger partial charge < -0.3 is 10.2 Å². The number of pyridine rings is 1. The van der Waals surface area contributed by atoms with Gasteiger partial charge in [0.25, 0.3) is 5.91 Å². The molecule has 0 aliphatic carbocycles. The number of carbonyl (C=O) groups excluding carboxylic acids is 1. The van der Waals surface area contributed by atoms with Gasteiger partial charge in [-0.1, -0.05) is 25.4 Å². The molecule has 2 atom stereocenters. The quantitative estimate of drug-likeness (QED) is 0.859. The highest BCUT2D eigenvalue weighted by molar-refractivity contribution is 8.00. The highest BCUT2D eigenvalue weighted by Gasteiger charge is 2.29. The minimum absolute atomic E-state index is 0.0403. The maximum Gasteiger partial charge on any atom is 0.254 e. The fourth-order valence-electron chi connectivity index (χ4n) is 2.35. The second-order valence-corrected chi connectivity index (χ2v) is 7.18. The predicted octanol–water partition coefficient (Wildman–Crippen LogP) is 3.52. The Morgan fingerprint density at radius 1 is 1.52 bits per heavy atom. The van der Waals surface area contributed by atoms with Gasteiger partial charge in [-0.15, -0.1) is 0 Å². The molecular weight excluding hydrogens is 306 g/mol. The molecule has 1 amide bonds. The third-order valence-corrected chi connectivity index (χ3v) is 5.27. The number of rotatable bonds is 4.